The number of nitrogens with one attached hydrogen (secondary N) is 1. The Balaban J connectivity index is 1.77. The van der Waals surface area contributed by atoms with E-state index in [1.54, 1.807) is 4.90 Å². The van der Waals surface area contributed by atoms with Crippen molar-refractivity contribution in [1.29, 1.82) is 0 Å². The Hall–Kier alpha value is -0.850. The summed E-state index contributed by atoms with van der Waals surface area (Å²) >= 11 is 0. The topological polar surface area (TPSA) is 71.0 Å². The van der Waals surface area contributed by atoms with E-state index in [1.807, 2.05) is 34.6 Å². The lowest BCUT2D eigenvalue weighted by molar-refractivity contribution is -0.102. The molecule has 6 heteroatoms. The van der Waals surface area contributed by atoms with Crippen LogP contribution in [0.5, 0.6) is 0 Å². The molecule has 1 aliphatic heterocycles. The van der Waals surface area contributed by atoms with Crippen LogP contribution in [-0.2, 0) is 9.47 Å². The highest BCUT2D eigenvalue weighted by molar-refractivity contribution is 5.70. The van der Waals surface area contributed by atoms with Crippen molar-refractivity contribution in [3.8, 4) is 0 Å². The van der Waals surface area contributed by atoms with Crippen LogP contribution in [0, 0.1) is 5.92 Å². The molecule has 0 aromatic heterocycles. The Bertz CT molecular complexity index is 535. The van der Waals surface area contributed by atoms with E-state index in [1.165, 1.54) is 44.9 Å². The molecule has 2 saturated carbocycles. The predicted octanol–water partition coefficient (Wildman–Crippen LogP) is 3.81. The van der Waals surface area contributed by atoms with E-state index in [0.717, 1.165) is 6.42 Å². The first-order chi connectivity index (χ1) is 13.1. The smallest absolute Gasteiger partial charge is 0.412 e. The first-order valence-corrected chi connectivity index (χ1v) is 11.2. The van der Waals surface area contributed by atoms with Crippen LogP contribution in [-0.4, -0.2) is 58.3 Å². The molecule has 1 amide bonds. The molecule has 2 aliphatic carbocycles. The van der Waals surface area contributed by atoms with Crippen molar-refractivity contribution in [3.63, 3.8) is 0 Å². The SMILES string of the molecule is CC(C)(C)OC(=O)N1[C@@H](CC2CCCCC2)[C@H]([C@@H](O)CNC2CC2)OC1(C)C. The number of carbonyl (C=O) groups excluding carboxylic acids is 1. The molecular weight excluding hydrogens is 356 g/mol. The Morgan fingerprint density at radius 1 is 1.21 bits per heavy atom. The van der Waals surface area contributed by atoms with Gasteiger partial charge in [-0.25, -0.2) is 4.79 Å². The van der Waals surface area contributed by atoms with Crippen LogP contribution in [0.1, 0.15) is 86.0 Å². The summed E-state index contributed by atoms with van der Waals surface area (Å²) in [5.74, 6) is 0.576. The summed E-state index contributed by atoms with van der Waals surface area (Å²) in [5, 5.41) is 14.3. The molecule has 0 aromatic rings. The minimum atomic E-state index is -0.799. The van der Waals surface area contributed by atoms with Crippen LogP contribution in [0.15, 0.2) is 0 Å². The molecule has 3 atom stereocenters. The quantitative estimate of drug-likeness (QED) is 0.714. The van der Waals surface area contributed by atoms with E-state index in [2.05, 4.69) is 5.32 Å². The maximum absolute atomic E-state index is 13.1. The first-order valence-electron chi connectivity index (χ1n) is 11.2. The monoisotopic (exact) mass is 396 g/mol. The van der Waals surface area contributed by atoms with Gasteiger partial charge in [-0.15, -0.1) is 0 Å². The van der Waals surface area contributed by atoms with Gasteiger partial charge < -0.3 is 19.9 Å². The van der Waals surface area contributed by atoms with Gasteiger partial charge in [0, 0.05) is 12.6 Å². The Kier molecular flexibility index (Phi) is 6.62. The Labute approximate surface area is 170 Å². The van der Waals surface area contributed by atoms with E-state index in [0.29, 0.717) is 18.5 Å². The van der Waals surface area contributed by atoms with Gasteiger partial charge in [0.1, 0.15) is 17.4 Å². The van der Waals surface area contributed by atoms with Gasteiger partial charge >= 0.3 is 6.09 Å². The number of ether oxygens (including phenoxy) is 2. The molecular formula is C22H40N2O4. The minimum absolute atomic E-state index is 0.163. The van der Waals surface area contributed by atoms with Gasteiger partial charge in [0.25, 0.3) is 0 Å². The molecule has 3 fully saturated rings. The summed E-state index contributed by atoms with van der Waals surface area (Å²) in [6.45, 7) is 9.98. The average molecular weight is 397 g/mol. The van der Waals surface area contributed by atoms with Crippen molar-refractivity contribution in [3.05, 3.63) is 0 Å². The molecule has 0 unspecified atom stereocenters. The lowest BCUT2D eigenvalue weighted by Gasteiger charge is -2.37. The van der Waals surface area contributed by atoms with Crippen molar-refractivity contribution < 1.29 is 19.4 Å². The van der Waals surface area contributed by atoms with Crippen molar-refractivity contribution >= 4 is 6.09 Å². The van der Waals surface area contributed by atoms with Crippen molar-refractivity contribution in [1.82, 2.24) is 10.2 Å². The molecule has 1 saturated heterocycles. The van der Waals surface area contributed by atoms with Crippen LogP contribution < -0.4 is 5.32 Å². The number of hydrogen-bond donors (Lipinski definition) is 2. The number of nitrogens with zero attached hydrogens (tertiary/aromatic N) is 1. The van der Waals surface area contributed by atoms with E-state index >= 15 is 0 Å². The largest absolute Gasteiger partial charge is 0.444 e. The van der Waals surface area contributed by atoms with Gasteiger partial charge in [-0.1, -0.05) is 32.1 Å². The van der Waals surface area contributed by atoms with Crippen LogP contribution in [0.3, 0.4) is 0 Å². The second kappa shape index (κ2) is 8.49. The van der Waals surface area contributed by atoms with E-state index in [9.17, 15) is 9.90 Å². The maximum Gasteiger partial charge on any atom is 0.412 e. The summed E-state index contributed by atoms with van der Waals surface area (Å²) < 4.78 is 12.0. The fourth-order valence-electron chi connectivity index (χ4n) is 4.71. The zero-order valence-corrected chi connectivity index (χ0v) is 18.4. The number of hydrogen-bond acceptors (Lipinski definition) is 5. The third kappa shape index (κ3) is 5.61. The fourth-order valence-corrected chi connectivity index (χ4v) is 4.71. The summed E-state index contributed by atoms with van der Waals surface area (Å²) in [4.78, 5) is 14.9. The summed E-state index contributed by atoms with van der Waals surface area (Å²) in [5.41, 5.74) is -1.36. The molecule has 0 spiro atoms. The van der Waals surface area contributed by atoms with E-state index in [4.69, 9.17) is 9.47 Å². The molecule has 1 heterocycles. The summed E-state index contributed by atoms with van der Waals surface area (Å²) in [6, 6.07) is 0.367. The van der Waals surface area contributed by atoms with Crippen molar-refractivity contribution in [2.24, 2.45) is 5.92 Å². The second-order valence-corrected chi connectivity index (χ2v) is 10.4. The average Bonchev–Trinajstić information content (AvgIpc) is 3.36. The van der Waals surface area contributed by atoms with Crippen LogP contribution in [0.4, 0.5) is 4.79 Å². The molecule has 0 radical (unpaired) electrons. The lowest BCUT2D eigenvalue weighted by Crippen LogP contribution is -2.52. The molecule has 28 heavy (non-hydrogen) atoms. The number of aliphatic hydroxyl groups is 1. The minimum Gasteiger partial charge on any atom is -0.444 e. The molecule has 162 valence electrons. The van der Waals surface area contributed by atoms with Crippen LogP contribution in [0.25, 0.3) is 0 Å². The van der Waals surface area contributed by atoms with Gasteiger partial charge in [-0.05, 0) is 59.8 Å². The van der Waals surface area contributed by atoms with Crippen LogP contribution in [0.2, 0.25) is 0 Å². The summed E-state index contributed by atoms with van der Waals surface area (Å²) in [6.07, 6.45) is 8.06. The maximum atomic E-state index is 13.1. The highest BCUT2D eigenvalue weighted by Crippen LogP contribution is 2.40. The van der Waals surface area contributed by atoms with Gasteiger partial charge in [0.05, 0.1) is 12.1 Å². The Morgan fingerprint density at radius 3 is 2.43 bits per heavy atom. The standard InChI is InChI=1S/C22H40N2O4/c1-21(2,3)28-20(26)24-17(13-15-9-7-6-8-10-15)19(27-22(24,4)5)18(25)14-23-16-11-12-16/h15-19,23,25H,6-14H2,1-5H3/t17-,18-,19+/m0/s1. The molecule has 6 nitrogen and oxygen atoms in total. The molecule has 0 bridgehead atoms. The molecule has 2 N–H and O–H groups in total. The number of aliphatic hydroxyl groups excluding tert-OH is 1. The zero-order chi connectivity index (χ0) is 20.5. The number of amides is 1. The second-order valence-electron chi connectivity index (χ2n) is 10.4. The number of rotatable bonds is 6. The number of carbonyl (C=O) groups is 1. The normalized spacial score (nSPS) is 29.7. The first kappa shape index (κ1) is 21.8. The highest BCUT2D eigenvalue weighted by atomic mass is 16.6. The third-order valence-electron chi connectivity index (χ3n) is 6.18. The van der Waals surface area contributed by atoms with E-state index < -0.39 is 23.5 Å². The molecule has 3 rings (SSSR count). The molecule has 0 aromatic carbocycles. The predicted molar refractivity (Wildman–Crippen MR) is 109 cm³/mol. The van der Waals surface area contributed by atoms with Gasteiger partial charge in [-0.3, -0.25) is 4.90 Å². The van der Waals surface area contributed by atoms with Crippen molar-refractivity contribution in [2.75, 3.05) is 6.54 Å². The zero-order valence-electron chi connectivity index (χ0n) is 18.4. The Morgan fingerprint density at radius 2 is 1.86 bits per heavy atom. The lowest BCUT2D eigenvalue weighted by atomic mass is 9.83. The third-order valence-corrected chi connectivity index (χ3v) is 6.18. The van der Waals surface area contributed by atoms with Gasteiger partial charge in [-0.2, -0.15) is 0 Å². The highest BCUT2D eigenvalue weighted by Gasteiger charge is 2.53. The van der Waals surface area contributed by atoms with E-state index in [-0.39, 0.29) is 12.1 Å². The van der Waals surface area contributed by atoms with Crippen LogP contribution >= 0.6 is 0 Å². The van der Waals surface area contributed by atoms with Gasteiger partial charge in [0.15, 0.2) is 0 Å². The van der Waals surface area contributed by atoms with Gasteiger partial charge in [0.2, 0.25) is 0 Å². The fraction of sp³-hybridized carbons (Fsp3) is 0.955. The molecule has 3 aliphatic rings. The van der Waals surface area contributed by atoms with Crippen molar-refractivity contribution in [2.45, 2.75) is 122 Å². The summed E-state index contributed by atoms with van der Waals surface area (Å²) in [7, 11) is 0.